The summed E-state index contributed by atoms with van der Waals surface area (Å²) in [5.74, 6) is 1.34. The third-order valence-electron chi connectivity index (χ3n) is 2.19. The highest BCUT2D eigenvalue weighted by Gasteiger charge is 2.00. The molecule has 0 saturated heterocycles. The molecule has 0 spiro atoms. The molecule has 0 aliphatic carbocycles. The molecule has 1 aromatic rings. The number of hydrogen-bond acceptors (Lipinski definition) is 2. The highest BCUT2D eigenvalue weighted by Crippen LogP contribution is 2.14. The van der Waals surface area contributed by atoms with Gasteiger partial charge in [-0.2, -0.15) is 5.26 Å². The van der Waals surface area contributed by atoms with Crippen molar-refractivity contribution in [3.63, 3.8) is 0 Å². The highest BCUT2D eigenvalue weighted by atomic mass is 16.5. The van der Waals surface area contributed by atoms with Gasteiger partial charge in [0.15, 0.2) is 0 Å². The summed E-state index contributed by atoms with van der Waals surface area (Å²) < 4.78 is 5.55. The molecular formula is C12H15NO. The van der Waals surface area contributed by atoms with E-state index in [9.17, 15) is 0 Å². The molecule has 2 nitrogen and oxygen atoms in total. The Balaban J connectivity index is 2.55. The van der Waals surface area contributed by atoms with Gasteiger partial charge in [-0.15, -0.1) is 0 Å². The summed E-state index contributed by atoms with van der Waals surface area (Å²) >= 11 is 0. The maximum absolute atomic E-state index is 8.68. The zero-order valence-electron chi connectivity index (χ0n) is 8.66. The Morgan fingerprint density at radius 3 is 2.93 bits per heavy atom. The number of nitrogens with zero attached hydrogens (tertiary/aromatic N) is 1. The third kappa shape index (κ3) is 3.10. The first-order chi connectivity index (χ1) is 6.76. The second-order valence-electron chi connectivity index (χ2n) is 3.46. The third-order valence-corrected chi connectivity index (χ3v) is 2.19. The summed E-state index contributed by atoms with van der Waals surface area (Å²) in [6.45, 7) is 5.00. The Morgan fingerprint density at radius 2 is 2.29 bits per heavy atom. The summed E-state index contributed by atoms with van der Waals surface area (Å²) in [6, 6.07) is 9.35. The van der Waals surface area contributed by atoms with E-state index in [4.69, 9.17) is 10.00 Å². The molecule has 0 aliphatic rings. The maximum Gasteiger partial charge on any atom is 0.120 e. The van der Waals surface area contributed by atoms with Gasteiger partial charge in [-0.25, -0.2) is 0 Å². The Labute approximate surface area is 85.1 Å². The van der Waals surface area contributed by atoms with Gasteiger partial charge in [0.1, 0.15) is 5.75 Å². The van der Waals surface area contributed by atoms with Gasteiger partial charge in [0.25, 0.3) is 0 Å². The summed E-state index contributed by atoms with van der Waals surface area (Å²) in [5.41, 5.74) is 0.645. The van der Waals surface area contributed by atoms with Crippen LogP contribution < -0.4 is 4.74 Å². The first kappa shape index (κ1) is 10.6. The van der Waals surface area contributed by atoms with E-state index in [0.29, 0.717) is 18.1 Å². The quantitative estimate of drug-likeness (QED) is 0.729. The number of hydrogen-bond donors (Lipinski definition) is 0. The van der Waals surface area contributed by atoms with Crippen LogP contribution in [0.15, 0.2) is 24.3 Å². The predicted molar refractivity (Wildman–Crippen MR) is 56.1 cm³/mol. The molecule has 0 heterocycles. The molecule has 0 N–H and O–H groups in total. The molecule has 1 rings (SSSR count). The van der Waals surface area contributed by atoms with Gasteiger partial charge < -0.3 is 4.74 Å². The van der Waals surface area contributed by atoms with Crippen LogP contribution in [-0.2, 0) is 0 Å². The molecule has 0 amide bonds. The average Bonchev–Trinajstić information content (AvgIpc) is 2.26. The van der Waals surface area contributed by atoms with Crippen LogP contribution in [0, 0.1) is 17.2 Å². The van der Waals surface area contributed by atoms with Crippen molar-refractivity contribution < 1.29 is 4.74 Å². The molecule has 0 aromatic heterocycles. The lowest BCUT2D eigenvalue weighted by atomic mass is 10.1. The van der Waals surface area contributed by atoms with Crippen LogP contribution >= 0.6 is 0 Å². The zero-order chi connectivity index (χ0) is 10.4. The molecule has 0 radical (unpaired) electrons. The fourth-order valence-corrected chi connectivity index (χ4v) is 1.01. The van der Waals surface area contributed by atoms with E-state index in [2.05, 4.69) is 19.9 Å². The molecule has 1 unspecified atom stereocenters. The van der Waals surface area contributed by atoms with Gasteiger partial charge in [-0.1, -0.05) is 26.3 Å². The molecule has 0 fully saturated rings. The summed E-state index contributed by atoms with van der Waals surface area (Å²) in [6.07, 6.45) is 1.11. The molecule has 2 heteroatoms. The van der Waals surface area contributed by atoms with E-state index < -0.39 is 0 Å². The van der Waals surface area contributed by atoms with E-state index in [1.165, 1.54) is 0 Å². The summed E-state index contributed by atoms with van der Waals surface area (Å²) in [7, 11) is 0. The molecule has 1 aromatic carbocycles. The van der Waals surface area contributed by atoms with Crippen LogP contribution in [0.1, 0.15) is 25.8 Å². The van der Waals surface area contributed by atoms with E-state index in [1.807, 2.05) is 12.1 Å². The van der Waals surface area contributed by atoms with Crippen molar-refractivity contribution in [2.75, 3.05) is 6.61 Å². The lowest BCUT2D eigenvalue weighted by Gasteiger charge is -2.10. The highest BCUT2D eigenvalue weighted by molar-refractivity contribution is 5.36. The normalized spacial score (nSPS) is 11.8. The van der Waals surface area contributed by atoms with Crippen LogP contribution in [0.2, 0.25) is 0 Å². The summed E-state index contributed by atoms with van der Waals surface area (Å²) in [5, 5.41) is 8.68. The first-order valence-corrected chi connectivity index (χ1v) is 4.89. The molecule has 0 aliphatic heterocycles. The van der Waals surface area contributed by atoms with Gasteiger partial charge >= 0.3 is 0 Å². The molecule has 0 bridgehead atoms. The van der Waals surface area contributed by atoms with Gasteiger partial charge in [-0.3, -0.25) is 0 Å². The zero-order valence-corrected chi connectivity index (χ0v) is 8.66. The lowest BCUT2D eigenvalue weighted by Crippen LogP contribution is -2.07. The Bertz CT molecular complexity index is 327. The predicted octanol–water partition coefficient (Wildman–Crippen LogP) is 2.98. The number of benzene rings is 1. The Morgan fingerprint density at radius 1 is 1.50 bits per heavy atom. The fraction of sp³-hybridized carbons (Fsp3) is 0.417. The van der Waals surface area contributed by atoms with E-state index in [0.717, 1.165) is 12.2 Å². The van der Waals surface area contributed by atoms with E-state index in [1.54, 1.807) is 12.1 Å². The smallest absolute Gasteiger partial charge is 0.120 e. The minimum Gasteiger partial charge on any atom is -0.493 e. The van der Waals surface area contributed by atoms with Crippen LogP contribution in [0.4, 0.5) is 0 Å². The largest absolute Gasteiger partial charge is 0.493 e. The van der Waals surface area contributed by atoms with Gasteiger partial charge in [-0.05, 0) is 24.1 Å². The molecule has 1 atom stereocenters. The van der Waals surface area contributed by atoms with Gasteiger partial charge in [0, 0.05) is 0 Å². The van der Waals surface area contributed by atoms with E-state index >= 15 is 0 Å². The van der Waals surface area contributed by atoms with Crippen molar-refractivity contribution in [3.05, 3.63) is 29.8 Å². The van der Waals surface area contributed by atoms with Crippen molar-refractivity contribution in [1.82, 2.24) is 0 Å². The second kappa shape index (κ2) is 5.29. The number of rotatable bonds is 4. The Kier molecular flexibility index (Phi) is 4.00. The van der Waals surface area contributed by atoms with Gasteiger partial charge in [0.2, 0.25) is 0 Å². The number of ether oxygens (including phenoxy) is 1. The van der Waals surface area contributed by atoms with Crippen molar-refractivity contribution >= 4 is 0 Å². The SMILES string of the molecule is CCC(C)COc1cccc(C#N)c1. The van der Waals surface area contributed by atoms with Crippen LogP contribution in [0.25, 0.3) is 0 Å². The van der Waals surface area contributed by atoms with Crippen molar-refractivity contribution in [2.24, 2.45) is 5.92 Å². The molecule has 14 heavy (non-hydrogen) atoms. The van der Waals surface area contributed by atoms with Gasteiger partial charge in [0.05, 0.1) is 18.2 Å². The molecule has 74 valence electrons. The topological polar surface area (TPSA) is 33.0 Å². The van der Waals surface area contributed by atoms with Crippen molar-refractivity contribution in [2.45, 2.75) is 20.3 Å². The van der Waals surface area contributed by atoms with Crippen LogP contribution in [-0.4, -0.2) is 6.61 Å². The molecule has 0 saturated carbocycles. The summed E-state index contributed by atoms with van der Waals surface area (Å²) in [4.78, 5) is 0. The van der Waals surface area contributed by atoms with Crippen LogP contribution in [0.5, 0.6) is 5.75 Å². The average molecular weight is 189 g/mol. The second-order valence-corrected chi connectivity index (χ2v) is 3.46. The maximum atomic E-state index is 8.68. The van der Waals surface area contributed by atoms with E-state index in [-0.39, 0.29) is 0 Å². The standard InChI is InChI=1S/C12H15NO/c1-3-10(2)9-14-12-6-4-5-11(7-12)8-13/h4-7,10H,3,9H2,1-2H3. The molecular weight excluding hydrogens is 174 g/mol. The number of nitriles is 1. The minimum atomic E-state index is 0.556. The van der Waals surface area contributed by atoms with Crippen LogP contribution in [0.3, 0.4) is 0 Å². The van der Waals surface area contributed by atoms with Crippen molar-refractivity contribution in [3.8, 4) is 11.8 Å². The first-order valence-electron chi connectivity index (χ1n) is 4.89. The Hall–Kier alpha value is -1.49. The monoisotopic (exact) mass is 189 g/mol. The van der Waals surface area contributed by atoms with Crippen molar-refractivity contribution in [1.29, 1.82) is 5.26 Å². The minimum absolute atomic E-state index is 0.556. The lowest BCUT2D eigenvalue weighted by molar-refractivity contribution is 0.256. The fourth-order valence-electron chi connectivity index (χ4n) is 1.01.